The quantitative estimate of drug-likeness (QED) is 0.576. The topological polar surface area (TPSA) is 60.8 Å². The van der Waals surface area contributed by atoms with E-state index in [9.17, 15) is 4.79 Å². The molecule has 11 heavy (non-hydrogen) atoms. The van der Waals surface area contributed by atoms with E-state index in [0.29, 0.717) is 12.2 Å². The number of nitrogens with zero attached hydrogens (tertiary/aromatic N) is 1. The summed E-state index contributed by atoms with van der Waals surface area (Å²) in [6.07, 6.45) is 3.99. The first-order chi connectivity index (χ1) is 5.25. The van der Waals surface area contributed by atoms with Crippen LogP contribution in [0.4, 0.5) is 4.79 Å². The summed E-state index contributed by atoms with van der Waals surface area (Å²) in [5.74, 6) is 0. The largest absolute Gasteiger partial charge is 0.465 e. The normalized spacial score (nSPS) is 16.5. The molecule has 2 N–H and O–H groups in total. The molecule has 1 aliphatic heterocycles. The van der Waals surface area contributed by atoms with E-state index in [1.807, 2.05) is 0 Å². The number of hydrogen-bond donors (Lipinski definition) is 2. The minimum absolute atomic E-state index is 0.239. The number of aliphatic hydroxyl groups is 1. The Morgan fingerprint density at radius 3 is 2.91 bits per heavy atom. The molecule has 0 aliphatic carbocycles. The van der Waals surface area contributed by atoms with Crippen LogP contribution < -0.4 is 0 Å². The highest BCUT2D eigenvalue weighted by Gasteiger charge is 2.15. The first-order valence-electron chi connectivity index (χ1n) is 3.22. The maximum Gasteiger partial charge on any atom is 0.411 e. The predicted octanol–water partition coefficient (Wildman–Crippen LogP) is 0.412. The Bertz CT molecular complexity index is 220. The van der Waals surface area contributed by atoms with Crippen molar-refractivity contribution in [2.45, 2.75) is 0 Å². The van der Waals surface area contributed by atoms with Gasteiger partial charge in [0.1, 0.15) is 0 Å². The number of hydrogen-bond acceptors (Lipinski definition) is 2. The minimum atomic E-state index is -1.03. The number of carboxylic acid groups (broad SMARTS) is 1. The fraction of sp³-hybridized carbons (Fsp3) is 0.286. The second-order valence-corrected chi connectivity index (χ2v) is 2.14. The van der Waals surface area contributed by atoms with Gasteiger partial charge in [0.25, 0.3) is 0 Å². The second kappa shape index (κ2) is 3.21. The van der Waals surface area contributed by atoms with Crippen LogP contribution in [0.2, 0.25) is 0 Å². The molecule has 4 heteroatoms. The van der Waals surface area contributed by atoms with Crippen LogP contribution >= 0.6 is 0 Å². The molecule has 0 spiro atoms. The van der Waals surface area contributed by atoms with Gasteiger partial charge in [0, 0.05) is 12.2 Å². The lowest BCUT2D eigenvalue weighted by Gasteiger charge is -2.21. The zero-order chi connectivity index (χ0) is 8.27. The highest BCUT2D eigenvalue weighted by atomic mass is 16.4. The molecular formula is C7H9NO3. The smallest absolute Gasteiger partial charge is 0.411 e. The third-order valence-corrected chi connectivity index (χ3v) is 1.45. The molecule has 0 saturated heterocycles. The molecule has 1 aliphatic rings. The monoisotopic (exact) mass is 155 g/mol. The summed E-state index contributed by atoms with van der Waals surface area (Å²) < 4.78 is 0. The Hall–Kier alpha value is -1.29. The first-order valence-corrected chi connectivity index (χ1v) is 3.22. The van der Waals surface area contributed by atoms with E-state index in [0.717, 1.165) is 4.90 Å². The van der Waals surface area contributed by atoms with Gasteiger partial charge in [0.2, 0.25) is 0 Å². The van der Waals surface area contributed by atoms with Crippen LogP contribution in [0.25, 0.3) is 0 Å². The molecule has 0 aromatic rings. The number of carbonyl (C=O) groups is 1. The van der Waals surface area contributed by atoms with Crippen LogP contribution in [0.3, 0.4) is 0 Å². The van der Waals surface area contributed by atoms with E-state index in [1.54, 1.807) is 18.2 Å². The summed E-state index contributed by atoms with van der Waals surface area (Å²) in [5, 5.41) is 17.3. The molecule has 0 fully saturated rings. The molecular weight excluding hydrogens is 146 g/mol. The van der Waals surface area contributed by atoms with E-state index in [-0.39, 0.29) is 6.61 Å². The molecule has 1 amide bonds. The summed E-state index contributed by atoms with van der Waals surface area (Å²) in [6.45, 7) is 0.0817. The number of allylic oxidation sites excluding steroid dienone is 2. The lowest BCUT2D eigenvalue weighted by atomic mass is 10.2. The molecule has 0 aromatic heterocycles. The highest BCUT2D eigenvalue weighted by molar-refractivity contribution is 5.68. The van der Waals surface area contributed by atoms with Gasteiger partial charge in [-0.05, 0) is 6.08 Å². The van der Waals surface area contributed by atoms with Gasteiger partial charge in [0.15, 0.2) is 0 Å². The van der Waals surface area contributed by atoms with Crippen molar-refractivity contribution in [2.75, 3.05) is 13.2 Å². The van der Waals surface area contributed by atoms with Crippen molar-refractivity contribution >= 4 is 6.09 Å². The molecule has 0 aromatic carbocycles. The molecule has 1 rings (SSSR count). The maximum absolute atomic E-state index is 10.5. The van der Waals surface area contributed by atoms with Gasteiger partial charge in [0.05, 0.1) is 6.61 Å². The Kier molecular flexibility index (Phi) is 2.28. The van der Waals surface area contributed by atoms with E-state index in [4.69, 9.17) is 10.2 Å². The molecule has 0 atom stereocenters. The summed E-state index contributed by atoms with van der Waals surface area (Å²) in [7, 11) is 0. The van der Waals surface area contributed by atoms with Crippen molar-refractivity contribution in [3.8, 4) is 0 Å². The average Bonchev–Trinajstić information content (AvgIpc) is 2.04. The number of amides is 1. The Labute approximate surface area is 64.1 Å². The maximum atomic E-state index is 10.5. The minimum Gasteiger partial charge on any atom is -0.465 e. The Balaban J connectivity index is 2.75. The highest BCUT2D eigenvalue weighted by Crippen LogP contribution is 2.08. The lowest BCUT2D eigenvalue weighted by Crippen LogP contribution is -2.31. The standard InChI is InChI=1S/C7H9NO3/c9-5-6-3-1-2-4-8(6)7(10)11/h1-3,9H,4-5H2,(H,10,11). The van der Waals surface area contributed by atoms with Crippen molar-refractivity contribution in [1.29, 1.82) is 0 Å². The zero-order valence-electron chi connectivity index (χ0n) is 5.90. The number of rotatable bonds is 1. The Morgan fingerprint density at radius 2 is 2.45 bits per heavy atom. The molecule has 1 heterocycles. The van der Waals surface area contributed by atoms with Gasteiger partial charge < -0.3 is 10.2 Å². The summed E-state index contributed by atoms with van der Waals surface area (Å²) in [5.41, 5.74) is 0.417. The first kappa shape index (κ1) is 7.81. The fourth-order valence-corrected chi connectivity index (χ4v) is 0.892. The molecule has 0 bridgehead atoms. The summed E-state index contributed by atoms with van der Waals surface area (Å²) in [4.78, 5) is 11.6. The third kappa shape index (κ3) is 1.59. The van der Waals surface area contributed by atoms with E-state index in [2.05, 4.69) is 0 Å². The molecule has 60 valence electrons. The van der Waals surface area contributed by atoms with Crippen LogP contribution in [-0.2, 0) is 0 Å². The van der Waals surface area contributed by atoms with Gasteiger partial charge in [-0.15, -0.1) is 0 Å². The third-order valence-electron chi connectivity index (χ3n) is 1.45. The average molecular weight is 155 g/mol. The van der Waals surface area contributed by atoms with E-state index >= 15 is 0 Å². The SMILES string of the molecule is O=C(O)N1CC=CC=C1CO. The number of aliphatic hydroxyl groups excluding tert-OH is 1. The van der Waals surface area contributed by atoms with Crippen LogP contribution in [0.15, 0.2) is 23.9 Å². The predicted molar refractivity (Wildman–Crippen MR) is 39.0 cm³/mol. The fourth-order valence-electron chi connectivity index (χ4n) is 0.892. The van der Waals surface area contributed by atoms with Crippen molar-refractivity contribution in [1.82, 2.24) is 4.90 Å². The van der Waals surface area contributed by atoms with E-state index in [1.165, 1.54) is 0 Å². The van der Waals surface area contributed by atoms with Crippen molar-refractivity contribution < 1.29 is 15.0 Å². The van der Waals surface area contributed by atoms with Gasteiger partial charge in [-0.2, -0.15) is 0 Å². The molecule has 0 saturated carbocycles. The summed E-state index contributed by atoms with van der Waals surface area (Å²) in [6, 6.07) is 0. The van der Waals surface area contributed by atoms with Crippen molar-refractivity contribution in [2.24, 2.45) is 0 Å². The summed E-state index contributed by atoms with van der Waals surface area (Å²) >= 11 is 0. The van der Waals surface area contributed by atoms with Crippen LogP contribution in [0.5, 0.6) is 0 Å². The van der Waals surface area contributed by atoms with E-state index < -0.39 is 6.09 Å². The van der Waals surface area contributed by atoms with Gasteiger partial charge in [-0.3, -0.25) is 4.90 Å². The lowest BCUT2D eigenvalue weighted by molar-refractivity contribution is 0.154. The molecule has 0 unspecified atom stereocenters. The van der Waals surface area contributed by atoms with Gasteiger partial charge in [-0.1, -0.05) is 12.2 Å². The second-order valence-electron chi connectivity index (χ2n) is 2.14. The van der Waals surface area contributed by atoms with Crippen molar-refractivity contribution in [3.63, 3.8) is 0 Å². The van der Waals surface area contributed by atoms with Crippen LogP contribution in [-0.4, -0.2) is 34.4 Å². The zero-order valence-corrected chi connectivity index (χ0v) is 5.90. The van der Waals surface area contributed by atoms with Crippen LogP contribution in [0.1, 0.15) is 0 Å². The van der Waals surface area contributed by atoms with Gasteiger partial charge >= 0.3 is 6.09 Å². The van der Waals surface area contributed by atoms with Crippen LogP contribution in [0, 0.1) is 0 Å². The van der Waals surface area contributed by atoms with Crippen molar-refractivity contribution in [3.05, 3.63) is 23.9 Å². The van der Waals surface area contributed by atoms with Gasteiger partial charge in [-0.25, -0.2) is 4.79 Å². The molecule has 4 nitrogen and oxygen atoms in total. The molecule has 0 radical (unpaired) electrons. The Morgan fingerprint density at radius 1 is 1.73 bits per heavy atom.